The quantitative estimate of drug-likeness (QED) is 0.0753. The first-order valence-electron chi connectivity index (χ1n) is 14.4. The number of halogens is 7. The minimum Gasteiger partial charge on any atom is -0.465 e. The third-order valence-corrected chi connectivity index (χ3v) is 7.64. The number of esters is 2. The van der Waals surface area contributed by atoms with Crippen molar-refractivity contribution < 1.29 is 55.0 Å². The number of hydrogen-bond acceptors (Lipinski definition) is 6. The Balaban J connectivity index is 0.000000276. The van der Waals surface area contributed by atoms with E-state index in [1.165, 1.54) is 38.3 Å². The number of benzene rings is 5. The Morgan fingerprint density at radius 3 is 1.46 bits per heavy atom. The van der Waals surface area contributed by atoms with Gasteiger partial charge in [0.05, 0.1) is 36.5 Å². The molecular weight excluding hydrogens is 690 g/mol. The molecule has 13 heteroatoms. The van der Waals surface area contributed by atoms with E-state index in [1.54, 1.807) is 18.2 Å². The van der Waals surface area contributed by atoms with Crippen LogP contribution in [-0.4, -0.2) is 43.9 Å². The van der Waals surface area contributed by atoms with Crippen molar-refractivity contribution in [1.29, 1.82) is 0 Å². The van der Waals surface area contributed by atoms with Gasteiger partial charge in [-0.15, -0.1) is 0 Å². The monoisotopic (exact) mass is 714 g/mol. The van der Waals surface area contributed by atoms with E-state index < -0.39 is 51.8 Å². The lowest BCUT2D eigenvalue weighted by atomic mass is 9.94. The molecule has 0 radical (unpaired) electrons. The first-order valence-corrected chi connectivity index (χ1v) is 14.8. The number of hydrogen-bond donors (Lipinski definition) is 0. The number of rotatable bonds is 6. The number of alkyl halides is 6. The fourth-order valence-corrected chi connectivity index (χ4v) is 5.38. The fourth-order valence-electron chi connectivity index (χ4n) is 5.14. The maximum Gasteiger partial charge on any atom is 0.417 e. The molecule has 5 rings (SSSR count). The number of carbonyl (C=O) groups excluding carboxylic acids is 4. The van der Waals surface area contributed by atoms with Gasteiger partial charge in [-0.3, -0.25) is 9.59 Å². The third-order valence-electron chi connectivity index (χ3n) is 7.42. The van der Waals surface area contributed by atoms with Crippen molar-refractivity contribution in [3.63, 3.8) is 0 Å². The van der Waals surface area contributed by atoms with Crippen LogP contribution in [0.2, 0.25) is 5.02 Å². The molecule has 0 heterocycles. The number of Topliss-reactive ketones (excluding diaryl/α,β-unsaturated/α-hetero) is 1. The molecule has 258 valence electrons. The van der Waals surface area contributed by atoms with E-state index in [0.717, 1.165) is 23.9 Å². The molecule has 0 saturated carbocycles. The van der Waals surface area contributed by atoms with Crippen molar-refractivity contribution in [2.75, 3.05) is 14.2 Å². The minimum absolute atomic E-state index is 0.0161. The van der Waals surface area contributed by atoms with Gasteiger partial charge in [-0.25, -0.2) is 9.59 Å². The number of ether oxygens (including phenoxy) is 2. The second kappa shape index (κ2) is 15.0. The van der Waals surface area contributed by atoms with Crippen LogP contribution >= 0.6 is 11.6 Å². The highest BCUT2D eigenvalue weighted by Gasteiger charge is 2.38. The summed E-state index contributed by atoms with van der Waals surface area (Å²) >= 11 is 5.62. The average Bonchev–Trinajstić information content (AvgIpc) is 3.07. The van der Waals surface area contributed by atoms with Crippen LogP contribution in [0, 0.1) is 0 Å². The zero-order valence-electron chi connectivity index (χ0n) is 26.3. The summed E-state index contributed by atoms with van der Waals surface area (Å²) in [5.74, 6) is -2.24. The maximum absolute atomic E-state index is 13.8. The standard InChI is InChI=1S/C23H13ClF6O3.C14H12O3/c1-33-21(32)18-7-6-17(15-4-2-3-5-16(15)18)20(31)11-19(23(28,29)30)12-8-13(22(25,26)27)10-14(24)9-12;1-9(15)10-7-8-13(14(16)17-2)12-6-4-3-5-11(10)12/h2-11H,1H3;3-8H,1-2H3. The van der Waals surface area contributed by atoms with Gasteiger partial charge in [0, 0.05) is 16.1 Å². The molecule has 50 heavy (non-hydrogen) atoms. The highest BCUT2D eigenvalue weighted by atomic mass is 35.5. The van der Waals surface area contributed by atoms with Crippen LogP contribution in [-0.2, 0) is 15.7 Å². The van der Waals surface area contributed by atoms with Crippen LogP contribution in [0.3, 0.4) is 0 Å². The highest BCUT2D eigenvalue weighted by Crippen LogP contribution is 2.39. The molecule has 0 aliphatic rings. The van der Waals surface area contributed by atoms with Crippen LogP contribution in [0.25, 0.3) is 27.1 Å². The smallest absolute Gasteiger partial charge is 0.417 e. The van der Waals surface area contributed by atoms with E-state index in [4.69, 9.17) is 16.3 Å². The Kier molecular flexibility index (Phi) is 11.2. The molecular formula is C37H25ClF6O6. The van der Waals surface area contributed by atoms with Gasteiger partial charge in [-0.1, -0.05) is 60.1 Å². The molecule has 0 spiro atoms. The lowest BCUT2D eigenvalue weighted by molar-refractivity contribution is -0.137. The first kappa shape index (κ1) is 37.3. The largest absolute Gasteiger partial charge is 0.465 e. The summed E-state index contributed by atoms with van der Waals surface area (Å²) in [6.45, 7) is 1.51. The number of allylic oxidation sites excluding steroid dienone is 2. The molecule has 0 aromatic heterocycles. The SMILES string of the molecule is COC(=O)c1ccc(C(=O)C=C(c2cc(Cl)cc(C(F)(F)F)c2)C(F)(F)F)c2ccccc12.COC(=O)c1ccc(C(C)=O)c2ccccc12. The molecule has 0 unspecified atom stereocenters. The molecule has 5 aromatic rings. The Hall–Kier alpha value is -5.49. The molecule has 0 atom stereocenters. The van der Waals surface area contributed by atoms with Crippen LogP contribution < -0.4 is 0 Å². The van der Waals surface area contributed by atoms with Gasteiger partial charge in [-0.05, 0) is 82.6 Å². The predicted octanol–water partition coefficient (Wildman–Crippen LogP) is 9.96. The summed E-state index contributed by atoms with van der Waals surface area (Å²) in [6.07, 6.45) is -9.89. The fraction of sp³-hybridized carbons (Fsp3) is 0.135. The number of fused-ring (bicyclic) bond motifs is 2. The van der Waals surface area contributed by atoms with Gasteiger partial charge in [0.25, 0.3) is 0 Å². The van der Waals surface area contributed by atoms with E-state index in [0.29, 0.717) is 23.3 Å². The van der Waals surface area contributed by atoms with Gasteiger partial charge >= 0.3 is 24.3 Å². The second-order valence-corrected chi connectivity index (χ2v) is 11.0. The molecule has 5 aromatic carbocycles. The Morgan fingerprint density at radius 1 is 0.620 bits per heavy atom. The van der Waals surface area contributed by atoms with E-state index in [9.17, 15) is 45.5 Å². The molecule has 0 aliphatic carbocycles. The van der Waals surface area contributed by atoms with Gasteiger partial charge in [0.1, 0.15) is 0 Å². The van der Waals surface area contributed by atoms with Crippen molar-refractivity contribution >= 4 is 62.2 Å². The van der Waals surface area contributed by atoms with Crippen LogP contribution in [0.15, 0.2) is 97.1 Å². The number of methoxy groups -OCH3 is 2. The van der Waals surface area contributed by atoms with Crippen LogP contribution in [0.5, 0.6) is 0 Å². The summed E-state index contributed by atoms with van der Waals surface area (Å²) in [4.78, 5) is 47.9. The topological polar surface area (TPSA) is 86.7 Å². The summed E-state index contributed by atoms with van der Waals surface area (Å²) < 4.78 is 89.9. The minimum atomic E-state index is -5.16. The summed E-state index contributed by atoms with van der Waals surface area (Å²) in [5, 5.41) is 1.38. The molecule has 0 bridgehead atoms. The number of ketones is 2. The molecule has 6 nitrogen and oxygen atoms in total. The molecule has 0 amide bonds. The Bertz CT molecular complexity index is 2170. The van der Waals surface area contributed by atoms with Crippen molar-refractivity contribution in [2.45, 2.75) is 19.3 Å². The van der Waals surface area contributed by atoms with Gasteiger partial charge in [0.2, 0.25) is 0 Å². The predicted molar refractivity (Wildman–Crippen MR) is 175 cm³/mol. The van der Waals surface area contributed by atoms with Crippen LogP contribution in [0.4, 0.5) is 26.3 Å². The van der Waals surface area contributed by atoms with E-state index >= 15 is 0 Å². The lowest BCUT2D eigenvalue weighted by Gasteiger charge is -2.15. The van der Waals surface area contributed by atoms with E-state index in [1.807, 2.05) is 24.3 Å². The third kappa shape index (κ3) is 8.20. The first-order chi connectivity index (χ1) is 23.5. The maximum atomic E-state index is 13.8. The molecule has 0 fully saturated rings. The second-order valence-electron chi connectivity index (χ2n) is 10.6. The summed E-state index contributed by atoms with van der Waals surface area (Å²) in [7, 11) is 2.49. The molecule has 0 N–H and O–H groups in total. The van der Waals surface area contributed by atoms with Crippen molar-refractivity contribution in [2.24, 2.45) is 0 Å². The lowest BCUT2D eigenvalue weighted by Crippen LogP contribution is -2.14. The normalized spacial score (nSPS) is 11.8. The Morgan fingerprint density at radius 2 is 1.04 bits per heavy atom. The van der Waals surface area contributed by atoms with Gasteiger partial charge < -0.3 is 9.47 Å². The van der Waals surface area contributed by atoms with E-state index in [2.05, 4.69) is 4.74 Å². The van der Waals surface area contributed by atoms with Crippen LogP contribution in [0.1, 0.15) is 59.5 Å². The van der Waals surface area contributed by atoms with Gasteiger partial charge in [-0.2, -0.15) is 26.3 Å². The van der Waals surface area contributed by atoms with Gasteiger partial charge in [0.15, 0.2) is 11.6 Å². The van der Waals surface area contributed by atoms with Crippen molar-refractivity contribution in [3.05, 3.63) is 135 Å². The summed E-state index contributed by atoms with van der Waals surface area (Å²) in [6, 6.07) is 20.4. The number of carbonyl (C=O) groups is 4. The molecule has 0 saturated heterocycles. The Labute approximate surface area is 285 Å². The average molecular weight is 715 g/mol. The highest BCUT2D eigenvalue weighted by molar-refractivity contribution is 6.31. The zero-order chi connectivity index (χ0) is 37.0. The molecule has 0 aliphatic heterocycles. The summed E-state index contributed by atoms with van der Waals surface area (Å²) in [5.41, 5.74) is -2.89. The van der Waals surface area contributed by atoms with Crippen molar-refractivity contribution in [3.8, 4) is 0 Å². The van der Waals surface area contributed by atoms with Crippen molar-refractivity contribution in [1.82, 2.24) is 0 Å². The zero-order valence-corrected chi connectivity index (χ0v) is 27.1. The van der Waals surface area contributed by atoms with E-state index in [-0.39, 0.29) is 39.8 Å².